The quantitative estimate of drug-likeness (QED) is 0.690. The van der Waals surface area contributed by atoms with Crippen LogP contribution in [0.3, 0.4) is 0 Å². The number of likely N-dealkylation sites (tertiary alicyclic amines) is 2. The zero-order valence-corrected chi connectivity index (χ0v) is 11.6. The molecule has 0 unspecified atom stereocenters. The summed E-state index contributed by atoms with van der Waals surface area (Å²) in [5.74, 6) is 0.998. The Morgan fingerprint density at radius 3 is 2.12 bits per heavy atom. The molecule has 1 aliphatic carbocycles. The first-order chi connectivity index (χ1) is 8.17. The van der Waals surface area contributed by atoms with Gasteiger partial charge in [-0.15, -0.1) is 0 Å². The minimum Gasteiger partial charge on any atom is -0.306 e. The highest BCUT2D eigenvalue weighted by molar-refractivity contribution is 5.00. The van der Waals surface area contributed by atoms with E-state index in [1.807, 2.05) is 0 Å². The Balaban J connectivity index is 1.48. The van der Waals surface area contributed by atoms with E-state index in [4.69, 9.17) is 0 Å². The van der Waals surface area contributed by atoms with Crippen molar-refractivity contribution in [1.29, 1.82) is 0 Å². The lowest BCUT2D eigenvalue weighted by Gasteiger charge is -2.57. The van der Waals surface area contributed by atoms with E-state index in [9.17, 15) is 0 Å². The van der Waals surface area contributed by atoms with E-state index < -0.39 is 0 Å². The summed E-state index contributed by atoms with van der Waals surface area (Å²) >= 11 is 0. The topological polar surface area (TPSA) is 6.48 Å². The maximum absolute atomic E-state index is 2.79. The van der Waals surface area contributed by atoms with Gasteiger partial charge >= 0.3 is 0 Å². The summed E-state index contributed by atoms with van der Waals surface area (Å²) in [7, 11) is 2.26. The number of piperidine rings is 1. The molecule has 0 aromatic carbocycles. The molecule has 2 heteroatoms. The average molecular weight is 236 g/mol. The zero-order chi connectivity index (χ0) is 11.9. The van der Waals surface area contributed by atoms with Crippen LogP contribution in [0.25, 0.3) is 0 Å². The van der Waals surface area contributed by atoms with Crippen molar-refractivity contribution in [2.75, 3.05) is 33.2 Å². The van der Waals surface area contributed by atoms with Crippen LogP contribution in [0.1, 0.15) is 45.4 Å². The van der Waals surface area contributed by atoms with E-state index in [0.29, 0.717) is 0 Å². The Hall–Kier alpha value is -0.0800. The van der Waals surface area contributed by atoms with Gasteiger partial charge in [0.05, 0.1) is 0 Å². The lowest BCUT2D eigenvalue weighted by atomic mass is 9.65. The van der Waals surface area contributed by atoms with E-state index in [0.717, 1.165) is 17.4 Å². The van der Waals surface area contributed by atoms with Crippen molar-refractivity contribution in [2.45, 2.75) is 51.5 Å². The molecule has 17 heavy (non-hydrogen) atoms. The third-order valence-electron chi connectivity index (χ3n) is 5.62. The van der Waals surface area contributed by atoms with Gasteiger partial charge in [-0.25, -0.2) is 0 Å². The van der Waals surface area contributed by atoms with Crippen molar-refractivity contribution in [3.05, 3.63) is 0 Å². The number of rotatable bonds is 1. The molecule has 2 heterocycles. The molecule has 3 rings (SSSR count). The van der Waals surface area contributed by atoms with Gasteiger partial charge in [0.2, 0.25) is 0 Å². The molecule has 3 fully saturated rings. The summed E-state index contributed by atoms with van der Waals surface area (Å²) in [4.78, 5) is 5.28. The second-order valence-corrected chi connectivity index (χ2v) is 7.12. The van der Waals surface area contributed by atoms with Crippen molar-refractivity contribution in [3.63, 3.8) is 0 Å². The Kier molecular flexibility index (Phi) is 3.20. The first-order valence-electron chi connectivity index (χ1n) is 7.59. The summed E-state index contributed by atoms with van der Waals surface area (Å²) < 4.78 is 0. The number of hydrogen-bond donors (Lipinski definition) is 0. The van der Waals surface area contributed by atoms with Crippen LogP contribution < -0.4 is 0 Å². The predicted octanol–water partition coefficient (Wildman–Crippen LogP) is 2.59. The van der Waals surface area contributed by atoms with Crippen molar-refractivity contribution >= 4 is 0 Å². The van der Waals surface area contributed by atoms with Gasteiger partial charge in [0.25, 0.3) is 0 Å². The molecule has 98 valence electrons. The van der Waals surface area contributed by atoms with Crippen molar-refractivity contribution < 1.29 is 0 Å². The molecule has 0 amide bonds. The van der Waals surface area contributed by atoms with E-state index in [2.05, 4.69) is 23.8 Å². The molecular weight excluding hydrogens is 208 g/mol. The Morgan fingerprint density at radius 1 is 0.941 bits per heavy atom. The van der Waals surface area contributed by atoms with Crippen LogP contribution in [0.4, 0.5) is 0 Å². The highest BCUT2D eigenvalue weighted by Crippen LogP contribution is 2.46. The molecule has 0 aromatic rings. The summed E-state index contributed by atoms with van der Waals surface area (Å²) in [5, 5.41) is 0. The van der Waals surface area contributed by atoms with Gasteiger partial charge in [0.15, 0.2) is 0 Å². The molecule has 0 aromatic heterocycles. The third-order valence-corrected chi connectivity index (χ3v) is 5.62. The summed E-state index contributed by atoms with van der Waals surface area (Å²) in [6.45, 7) is 7.90. The maximum Gasteiger partial charge on any atom is 0.0120 e. The number of nitrogens with zero attached hydrogens (tertiary/aromatic N) is 2. The standard InChI is InChI=1S/C15H28N2/c1-13-3-7-15(8-4-13)11-17(12-15)14-5-9-16(2)10-6-14/h13-14H,3-12H2,1-2H3. The van der Waals surface area contributed by atoms with Crippen molar-refractivity contribution in [2.24, 2.45) is 11.3 Å². The minimum atomic E-state index is 0.760. The molecule has 2 nitrogen and oxygen atoms in total. The number of hydrogen-bond acceptors (Lipinski definition) is 2. The van der Waals surface area contributed by atoms with E-state index in [-0.39, 0.29) is 0 Å². The molecule has 0 atom stereocenters. The van der Waals surface area contributed by atoms with Gasteiger partial charge in [-0.1, -0.05) is 19.8 Å². The average Bonchev–Trinajstić information content (AvgIpc) is 2.29. The van der Waals surface area contributed by atoms with E-state index >= 15 is 0 Å². The molecule has 0 N–H and O–H groups in total. The van der Waals surface area contributed by atoms with Crippen LogP contribution in [-0.4, -0.2) is 49.1 Å². The molecule has 3 aliphatic rings. The van der Waals surface area contributed by atoms with Crippen LogP contribution in [0, 0.1) is 11.3 Å². The lowest BCUT2D eigenvalue weighted by molar-refractivity contribution is -0.0726. The molecule has 0 radical (unpaired) electrons. The summed E-state index contributed by atoms with van der Waals surface area (Å²) in [5.41, 5.74) is 0.760. The maximum atomic E-state index is 2.79. The molecule has 2 saturated heterocycles. The van der Waals surface area contributed by atoms with Gasteiger partial charge in [0, 0.05) is 19.1 Å². The highest BCUT2D eigenvalue weighted by Gasteiger charge is 2.46. The molecular formula is C15H28N2. The van der Waals surface area contributed by atoms with Crippen LogP contribution in [0.5, 0.6) is 0 Å². The molecule has 1 saturated carbocycles. The fraction of sp³-hybridized carbons (Fsp3) is 1.00. The van der Waals surface area contributed by atoms with Gasteiger partial charge in [-0.05, 0) is 57.2 Å². The molecule has 1 spiro atoms. The second-order valence-electron chi connectivity index (χ2n) is 7.12. The third kappa shape index (κ3) is 2.39. The van der Waals surface area contributed by atoms with Crippen LogP contribution in [0.2, 0.25) is 0 Å². The minimum absolute atomic E-state index is 0.760. The fourth-order valence-corrected chi connectivity index (χ4v) is 4.12. The van der Waals surface area contributed by atoms with Gasteiger partial charge in [-0.2, -0.15) is 0 Å². The SMILES string of the molecule is CC1CCC2(CC1)CN(C1CCN(C)CC1)C2. The van der Waals surface area contributed by atoms with Crippen molar-refractivity contribution in [3.8, 4) is 0 Å². The summed E-state index contributed by atoms with van der Waals surface area (Å²) in [6.07, 6.45) is 8.81. The fourth-order valence-electron chi connectivity index (χ4n) is 4.12. The Labute approximate surface area is 106 Å². The van der Waals surface area contributed by atoms with Crippen molar-refractivity contribution in [1.82, 2.24) is 9.80 Å². The van der Waals surface area contributed by atoms with Gasteiger partial charge < -0.3 is 4.90 Å². The normalized spacial score (nSPS) is 32.8. The van der Waals surface area contributed by atoms with E-state index in [1.54, 1.807) is 0 Å². The first kappa shape index (κ1) is 12.0. The Bertz CT molecular complexity index is 252. The lowest BCUT2D eigenvalue weighted by Crippen LogP contribution is -2.62. The monoisotopic (exact) mass is 236 g/mol. The highest BCUT2D eigenvalue weighted by atomic mass is 15.3. The smallest absolute Gasteiger partial charge is 0.0120 e. The van der Waals surface area contributed by atoms with Crippen LogP contribution in [0.15, 0.2) is 0 Å². The van der Waals surface area contributed by atoms with Crippen LogP contribution in [-0.2, 0) is 0 Å². The zero-order valence-electron chi connectivity index (χ0n) is 11.6. The first-order valence-corrected chi connectivity index (χ1v) is 7.59. The Morgan fingerprint density at radius 2 is 1.53 bits per heavy atom. The van der Waals surface area contributed by atoms with Crippen LogP contribution >= 0.6 is 0 Å². The summed E-state index contributed by atoms with van der Waals surface area (Å²) in [6, 6.07) is 0.913. The van der Waals surface area contributed by atoms with E-state index in [1.165, 1.54) is 64.7 Å². The molecule has 2 aliphatic heterocycles. The van der Waals surface area contributed by atoms with Gasteiger partial charge in [0.1, 0.15) is 0 Å². The van der Waals surface area contributed by atoms with Gasteiger partial charge in [-0.3, -0.25) is 4.90 Å². The predicted molar refractivity (Wildman–Crippen MR) is 72.2 cm³/mol. The largest absolute Gasteiger partial charge is 0.306 e. The molecule has 0 bridgehead atoms. The second kappa shape index (κ2) is 4.55.